The largest absolute Gasteiger partial charge is 0.465 e. The number of rotatable bonds is 5. The van der Waals surface area contributed by atoms with Crippen LogP contribution in [0.2, 0.25) is 0 Å². The van der Waals surface area contributed by atoms with Crippen LogP contribution in [0.15, 0.2) is 10.5 Å². The molecular weight excluding hydrogens is 264 g/mol. The fourth-order valence-electron chi connectivity index (χ4n) is 2.53. The maximum Gasteiger partial charge on any atom is 0.151 e. The van der Waals surface area contributed by atoms with Gasteiger partial charge in [0, 0.05) is 18.2 Å². The monoisotopic (exact) mass is 286 g/mol. The Bertz CT molecular complexity index is 536. The van der Waals surface area contributed by atoms with Crippen LogP contribution < -0.4 is 5.32 Å². The van der Waals surface area contributed by atoms with Gasteiger partial charge in [-0.15, -0.1) is 0 Å². The zero-order chi connectivity index (χ0) is 14.0. The highest BCUT2D eigenvalue weighted by molar-refractivity contribution is 7.91. The second kappa shape index (κ2) is 5.64. The molecular formula is C13H22N2O3S. The molecule has 19 heavy (non-hydrogen) atoms. The van der Waals surface area contributed by atoms with Crippen molar-refractivity contribution in [1.29, 1.82) is 0 Å². The molecule has 2 rings (SSSR count). The van der Waals surface area contributed by atoms with Crippen LogP contribution in [0.5, 0.6) is 0 Å². The second-order valence-corrected chi connectivity index (χ2v) is 7.53. The van der Waals surface area contributed by atoms with Gasteiger partial charge in [0.15, 0.2) is 9.84 Å². The number of sulfone groups is 1. The summed E-state index contributed by atoms with van der Waals surface area (Å²) >= 11 is 0. The number of furan rings is 1. The average Bonchev–Trinajstić information content (AvgIpc) is 2.83. The molecule has 5 nitrogen and oxygen atoms in total. The Labute approximate surface area is 114 Å². The fraction of sp³-hybridized carbons (Fsp3) is 0.692. The van der Waals surface area contributed by atoms with Crippen LogP contribution in [0.25, 0.3) is 0 Å². The van der Waals surface area contributed by atoms with Crippen molar-refractivity contribution in [1.82, 2.24) is 10.2 Å². The molecule has 0 radical (unpaired) electrons. The Morgan fingerprint density at radius 3 is 2.84 bits per heavy atom. The van der Waals surface area contributed by atoms with E-state index in [4.69, 9.17) is 4.42 Å². The molecule has 2 heterocycles. The van der Waals surface area contributed by atoms with Gasteiger partial charge in [-0.3, -0.25) is 4.90 Å². The Hall–Kier alpha value is -0.850. The van der Waals surface area contributed by atoms with Crippen molar-refractivity contribution < 1.29 is 12.8 Å². The van der Waals surface area contributed by atoms with Gasteiger partial charge in [0.05, 0.1) is 18.1 Å². The van der Waals surface area contributed by atoms with E-state index in [9.17, 15) is 8.42 Å². The van der Waals surface area contributed by atoms with Crippen LogP contribution in [-0.2, 0) is 22.9 Å². The maximum absolute atomic E-state index is 11.5. The summed E-state index contributed by atoms with van der Waals surface area (Å²) in [5, 5.41) is 3.10. The first-order chi connectivity index (χ1) is 8.91. The topological polar surface area (TPSA) is 62.6 Å². The van der Waals surface area contributed by atoms with Crippen LogP contribution in [-0.4, -0.2) is 45.0 Å². The van der Waals surface area contributed by atoms with Crippen molar-refractivity contribution in [2.75, 3.05) is 25.6 Å². The minimum atomic E-state index is -2.83. The summed E-state index contributed by atoms with van der Waals surface area (Å²) in [6, 6.07) is 2.16. The zero-order valence-corrected chi connectivity index (χ0v) is 12.6. The summed E-state index contributed by atoms with van der Waals surface area (Å²) in [5.41, 5.74) is 1.16. The van der Waals surface area contributed by atoms with E-state index >= 15 is 0 Å². The van der Waals surface area contributed by atoms with Crippen LogP contribution in [0.3, 0.4) is 0 Å². The normalized spacial score (nSPS) is 22.2. The summed E-state index contributed by atoms with van der Waals surface area (Å²) in [4.78, 5) is 2.08. The standard InChI is InChI=1S/C13H22N2O3S/c1-10-11(7-14-2)6-13(18-10)8-15(3)12-4-5-19(16,17)9-12/h6,12,14H,4-5,7-9H2,1-3H3. The predicted molar refractivity (Wildman–Crippen MR) is 74.7 cm³/mol. The van der Waals surface area contributed by atoms with E-state index in [-0.39, 0.29) is 11.8 Å². The summed E-state index contributed by atoms with van der Waals surface area (Å²) in [5.74, 6) is 2.41. The van der Waals surface area contributed by atoms with Gasteiger partial charge in [-0.2, -0.15) is 0 Å². The minimum Gasteiger partial charge on any atom is -0.465 e. The molecule has 0 spiro atoms. The molecule has 1 aliphatic rings. The third kappa shape index (κ3) is 3.58. The van der Waals surface area contributed by atoms with E-state index < -0.39 is 9.84 Å². The van der Waals surface area contributed by atoms with Gasteiger partial charge in [0.2, 0.25) is 0 Å². The van der Waals surface area contributed by atoms with Gasteiger partial charge in [0.1, 0.15) is 11.5 Å². The lowest BCUT2D eigenvalue weighted by Gasteiger charge is -2.21. The van der Waals surface area contributed by atoms with Crippen molar-refractivity contribution in [2.24, 2.45) is 0 Å². The smallest absolute Gasteiger partial charge is 0.151 e. The molecule has 1 aromatic heterocycles. The maximum atomic E-state index is 11.5. The number of hydrogen-bond acceptors (Lipinski definition) is 5. The molecule has 6 heteroatoms. The van der Waals surface area contributed by atoms with Crippen LogP contribution in [0.4, 0.5) is 0 Å². The molecule has 1 fully saturated rings. The third-order valence-electron chi connectivity index (χ3n) is 3.68. The van der Waals surface area contributed by atoms with E-state index in [1.807, 2.05) is 27.1 Å². The number of hydrogen-bond donors (Lipinski definition) is 1. The van der Waals surface area contributed by atoms with Crippen molar-refractivity contribution in [2.45, 2.75) is 32.5 Å². The quantitative estimate of drug-likeness (QED) is 0.872. The summed E-state index contributed by atoms with van der Waals surface area (Å²) in [7, 11) is 1.04. The van der Waals surface area contributed by atoms with E-state index in [2.05, 4.69) is 10.2 Å². The molecule has 108 valence electrons. The van der Waals surface area contributed by atoms with Gasteiger partial charge < -0.3 is 9.73 Å². The van der Waals surface area contributed by atoms with Crippen molar-refractivity contribution in [3.63, 3.8) is 0 Å². The van der Waals surface area contributed by atoms with Gasteiger partial charge in [-0.1, -0.05) is 0 Å². The van der Waals surface area contributed by atoms with E-state index in [0.29, 0.717) is 12.3 Å². The number of aryl methyl sites for hydroxylation is 1. The third-order valence-corrected chi connectivity index (χ3v) is 5.43. The van der Waals surface area contributed by atoms with Crippen molar-refractivity contribution >= 4 is 9.84 Å². The van der Waals surface area contributed by atoms with E-state index in [1.54, 1.807) is 0 Å². The molecule has 1 aromatic rings. The molecule has 0 aromatic carbocycles. The SMILES string of the molecule is CNCc1cc(CN(C)C2CCS(=O)(=O)C2)oc1C. The zero-order valence-electron chi connectivity index (χ0n) is 11.8. The highest BCUT2D eigenvalue weighted by Crippen LogP contribution is 2.21. The van der Waals surface area contributed by atoms with E-state index in [0.717, 1.165) is 30.0 Å². The van der Waals surface area contributed by atoms with Crippen molar-refractivity contribution in [3.05, 3.63) is 23.2 Å². The van der Waals surface area contributed by atoms with Gasteiger partial charge in [-0.05, 0) is 33.5 Å². The molecule has 0 aliphatic carbocycles. The second-order valence-electron chi connectivity index (χ2n) is 5.30. The summed E-state index contributed by atoms with van der Waals surface area (Å²) < 4.78 is 28.7. The lowest BCUT2D eigenvalue weighted by Crippen LogP contribution is -2.31. The summed E-state index contributed by atoms with van der Waals surface area (Å²) in [6.45, 7) is 3.40. The van der Waals surface area contributed by atoms with Gasteiger partial charge in [0.25, 0.3) is 0 Å². The molecule has 0 saturated carbocycles. The highest BCUT2D eigenvalue weighted by Gasteiger charge is 2.30. The first-order valence-electron chi connectivity index (χ1n) is 6.55. The molecule has 1 saturated heterocycles. The Kier molecular flexibility index (Phi) is 4.32. The fourth-order valence-corrected chi connectivity index (χ4v) is 4.33. The first-order valence-corrected chi connectivity index (χ1v) is 8.37. The summed E-state index contributed by atoms with van der Waals surface area (Å²) in [6.07, 6.45) is 0.724. The van der Waals surface area contributed by atoms with Crippen LogP contribution >= 0.6 is 0 Å². The number of nitrogens with zero attached hydrogens (tertiary/aromatic N) is 1. The molecule has 1 N–H and O–H groups in total. The first kappa shape index (κ1) is 14.6. The molecule has 0 amide bonds. The Morgan fingerprint density at radius 2 is 2.26 bits per heavy atom. The molecule has 1 atom stereocenters. The molecule has 1 aliphatic heterocycles. The van der Waals surface area contributed by atoms with Gasteiger partial charge >= 0.3 is 0 Å². The lowest BCUT2D eigenvalue weighted by atomic mass is 10.2. The average molecular weight is 286 g/mol. The predicted octanol–water partition coefficient (Wildman–Crippen LogP) is 0.926. The Morgan fingerprint density at radius 1 is 1.53 bits per heavy atom. The Balaban J connectivity index is 1.99. The molecule has 1 unspecified atom stereocenters. The lowest BCUT2D eigenvalue weighted by molar-refractivity contribution is 0.232. The minimum absolute atomic E-state index is 0.114. The highest BCUT2D eigenvalue weighted by atomic mass is 32.2. The van der Waals surface area contributed by atoms with E-state index in [1.165, 1.54) is 0 Å². The van der Waals surface area contributed by atoms with Gasteiger partial charge in [-0.25, -0.2) is 8.42 Å². The van der Waals surface area contributed by atoms with Crippen molar-refractivity contribution in [3.8, 4) is 0 Å². The van der Waals surface area contributed by atoms with Crippen LogP contribution in [0.1, 0.15) is 23.5 Å². The van der Waals surface area contributed by atoms with Crippen LogP contribution in [0, 0.1) is 6.92 Å². The number of nitrogens with one attached hydrogen (secondary N) is 1. The molecule has 0 bridgehead atoms.